The van der Waals surface area contributed by atoms with Gasteiger partial charge in [0.15, 0.2) is 0 Å². The highest BCUT2D eigenvalue weighted by atomic mass is 32.2. The van der Waals surface area contributed by atoms with Crippen LogP contribution in [0, 0.1) is 6.92 Å². The zero-order chi connectivity index (χ0) is 15.8. The van der Waals surface area contributed by atoms with Gasteiger partial charge in [-0.2, -0.15) is 4.31 Å². The second-order valence-electron chi connectivity index (χ2n) is 6.38. The molecule has 1 aromatic carbocycles. The Morgan fingerprint density at radius 2 is 1.95 bits per heavy atom. The van der Waals surface area contributed by atoms with Crippen LogP contribution in [0.3, 0.4) is 0 Å². The predicted molar refractivity (Wildman–Crippen MR) is 84.5 cm³/mol. The Balaban J connectivity index is 2.39. The van der Waals surface area contributed by atoms with Crippen molar-refractivity contribution in [3.63, 3.8) is 0 Å². The first-order chi connectivity index (χ1) is 9.68. The Bertz CT molecular complexity index is 626. The van der Waals surface area contributed by atoms with Gasteiger partial charge >= 0.3 is 0 Å². The second-order valence-corrected chi connectivity index (χ2v) is 8.28. The lowest BCUT2D eigenvalue weighted by atomic mass is 10.0. The quantitative estimate of drug-likeness (QED) is 0.910. The van der Waals surface area contributed by atoms with Gasteiger partial charge in [0.1, 0.15) is 0 Å². The SMILES string of the molecule is Cc1ccc(CN)cc1S(=O)(=O)N1CCN(C)C(C)(C)C1. The molecule has 6 heteroatoms. The summed E-state index contributed by atoms with van der Waals surface area (Å²) in [4.78, 5) is 2.58. The molecule has 0 aliphatic carbocycles. The Morgan fingerprint density at radius 3 is 2.52 bits per heavy atom. The van der Waals surface area contributed by atoms with Crippen molar-refractivity contribution in [1.29, 1.82) is 0 Å². The average Bonchev–Trinajstić information content (AvgIpc) is 2.42. The molecule has 0 saturated carbocycles. The maximum absolute atomic E-state index is 12.9. The molecule has 1 fully saturated rings. The van der Waals surface area contributed by atoms with Crippen LogP contribution < -0.4 is 5.73 Å². The van der Waals surface area contributed by atoms with Gasteiger partial charge in [0, 0.05) is 31.7 Å². The van der Waals surface area contributed by atoms with E-state index in [0.717, 1.165) is 17.7 Å². The van der Waals surface area contributed by atoms with Crippen molar-refractivity contribution in [2.45, 2.75) is 37.8 Å². The molecule has 0 bridgehead atoms. The number of aryl methyl sites for hydroxylation is 1. The lowest BCUT2D eigenvalue weighted by Gasteiger charge is -2.44. The largest absolute Gasteiger partial charge is 0.326 e. The highest BCUT2D eigenvalue weighted by molar-refractivity contribution is 7.89. The first kappa shape index (κ1) is 16.4. The molecular weight excluding hydrogens is 286 g/mol. The summed E-state index contributed by atoms with van der Waals surface area (Å²) in [6.07, 6.45) is 0. The Kier molecular flexibility index (Phi) is 4.44. The maximum atomic E-state index is 12.9. The fourth-order valence-electron chi connectivity index (χ4n) is 2.59. The average molecular weight is 311 g/mol. The van der Waals surface area contributed by atoms with Crippen molar-refractivity contribution in [1.82, 2.24) is 9.21 Å². The van der Waals surface area contributed by atoms with Crippen LogP contribution in [0.5, 0.6) is 0 Å². The van der Waals surface area contributed by atoms with Crippen molar-refractivity contribution >= 4 is 10.0 Å². The lowest BCUT2D eigenvalue weighted by Crippen LogP contribution is -2.58. The minimum absolute atomic E-state index is 0.162. The van der Waals surface area contributed by atoms with Crippen LogP contribution in [-0.4, -0.2) is 49.8 Å². The number of piperazine rings is 1. The molecule has 118 valence electrons. The number of nitrogens with two attached hydrogens (primary N) is 1. The molecule has 21 heavy (non-hydrogen) atoms. The van der Waals surface area contributed by atoms with E-state index in [1.54, 1.807) is 10.4 Å². The van der Waals surface area contributed by atoms with Crippen molar-refractivity contribution in [3.05, 3.63) is 29.3 Å². The van der Waals surface area contributed by atoms with Crippen LogP contribution in [-0.2, 0) is 16.6 Å². The molecule has 5 nitrogen and oxygen atoms in total. The van der Waals surface area contributed by atoms with Crippen molar-refractivity contribution < 1.29 is 8.42 Å². The molecule has 1 aliphatic rings. The number of hydrogen-bond donors (Lipinski definition) is 1. The zero-order valence-electron chi connectivity index (χ0n) is 13.3. The van der Waals surface area contributed by atoms with Gasteiger partial charge in [-0.3, -0.25) is 4.90 Å². The van der Waals surface area contributed by atoms with Crippen LogP contribution in [0.15, 0.2) is 23.1 Å². The topological polar surface area (TPSA) is 66.6 Å². The van der Waals surface area contributed by atoms with Gasteiger partial charge in [-0.25, -0.2) is 8.42 Å². The van der Waals surface area contributed by atoms with E-state index in [1.165, 1.54) is 0 Å². The number of hydrogen-bond acceptors (Lipinski definition) is 4. The van der Waals surface area contributed by atoms with Crippen LogP contribution >= 0.6 is 0 Å². The van der Waals surface area contributed by atoms with Gasteiger partial charge in [-0.1, -0.05) is 12.1 Å². The predicted octanol–water partition coefficient (Wildman–Crippen LogP) is 1.17. The summed E-state index contributed by atoms with van der Waals surface area (Å²) in [5, 5.41) is 0. The summed E-state index contributed by atoms with van der Waals surface area (Å²) in [5.41, 5.74) is 7.08. The van der Waals surface area contributed by atoms with Gasteiger partial charge in [0.05, 0.1) is 4.90 Å². The minimum Gasteiger partial charge on any atom is -0.326 e. The standard InChI is InChI=1S/C15H25N3O2S/c1-12-5-6-13(10-16)9-14(12)21(19,20)18-8-7-17(4)15(2,3)11-18/h5-6,9H,7-8,10-11,16H2,1-4H3. The first-order valence-corrected chi connectivity index (χ1v) is 8.63. The molecule has 2 rings (SSSR count). The highest BCUT2D eigenvalue weighted by Crippen LogP contribution is 2.27. The summed E-state index contributed by atoms with van der Waals surface area (Å²) >= 11 is 0. The van der Waals surface area contributed by atoms with Crippen molar-refractivity contribution in [2.75, 3.05) is 26.7 Å². The summed E-state index contributed by atoms with van der Waals surface area (Å²) in [6.45, 7) is 8.07. The summed E-state index contributed by atoms with van der Waals surface area (Å²) in [6, 6.07) is 5.41. The fraction of sp³-hybridized carbons (Fsp3) is 0.600. The van der Waals surface area contributed by atoms with E-state index >= 15 is 0 Å². The first-order valence-electron chi connectivity index (χ1n) is 7.19. The van der Waals surface area contributed by atoms with E-state index in [-0.39, 0.29) is 5.54 Å². The highest BCUT2D eigenvalue weighted by Gasteiger charge is 2.37. The van der Waals surface area contributed by atoms with Crippen LogP contribution in [0.25, 0.3) is 0 Å². The van der Waals surface area contributed by atoms with Crippen molar-refractivity contribution in [2.24, 2.45) is 5.73 Å². The summed E-state index contributed by atoms with van der Waals surface area (Å²) in [7, 11) is -1.44. The number of rotatable bonds is 3. The van der Waals surface area contributed by atoms with Gasteiger partial charge < -0.3 is 5.73 Å². The van der Waals surface area contributed by atoms with Gasteiger partial charge in [0.25, 0.3) is 0 Å². The van der Waals surface area contributed by atoms with E-state index in [4.69, 9.17) is 5.73 Å². The molecule has 0 atom stereocenters. The van der Waals surface area contributed by atoms with Crippen LogP contribution in [0.2, 0.25) is 0 Å². The molecule has 1 aromatic rings. The zero-order valence-corrected chi connectivity index (χ0v) is 14.1. The molecular formula is C15H25N3O2S. The van der Waals surface area contributed by atoms with E-state index in [9.17, 15) is 8.42 Å². The minimum atomic E-state index is -3.47. The molecule has 0 radical (unpaired) electrons. The van der Waals surface area contributed by atoms with Crippen molar-refractivity contribution in [3.8, 4) is 0 Å². The van der Waals surface area contributed by atoms with Crippen LogP contribution in [0.1, 0.15) is 25.0 Å². The Labute approximate surface area is 127 Å². The molecule has 1 saturated heterocycles. The summed E-state index contributed by atoms with van der Waals surface area (Å²) < 4.78 is 27.5. The smallest absolute Gasteiger partial charge is 0.243 e. The molecule has 0 aromatic heterocycles. The molecule has 1 heterocycles. The van der Waals surface area contributed by atoms with Gasteiger partial charge in [0.2, 0.25) is 10.0 Å². The normalized spacial score (nSPS) is 20.6. The summed E-state index contributed by atoms with van der Waals surface area (Å²) in [5.74, 6) is 0. The Morgan fingerprint density at radius 1 is 1.29 bits per heavy atom. The Hall–Kier alpha value is -0.950. The maximum Gasteiger partial charge on any atom is 0.243 e. The number of sulfonamides is 1. The number of nitrogens with zero attached hydrogens (tertiary/aromatic N) is 2. The third kappa shape index (κ3) is 3.13. The molecule has 1 aliphatic heterocycles. The van der Waals surface area contributed by atoms with Crippen LogP contribution in [0.4, 0.5) is 0 Å². The van der Waals surface area contributed by atoms with E-state index < -0.39 is 10.0 Å². The molecule has 0 spiro atoms. The van der Waals surface area contributed by atoms with E-state index in [0.29, 0.717) is 24.5 Å². The molecule has 0 unspecified atom stereocenters. The van der Waals surface area contributed by atoms with E-state index in [1.807, 2.05) is 26.1 Å². The third-order valence-electron chi connectivity index (χ3n) is 4.39. The van der Waals surface area contributed by atoms with Gasteiger partial charge in [-0.05, 0) is 45.0 Å². The monoisotopic (exact) mass is 311 g/mol. The second kappa shape index (κ2) is 5.68. The third-order valence-corrected chi connectivity index (χ3v) is 6.37. The molecule has 0 amide bonds. The lowest BCUT2D eigenvalue weighted by molar-refractivity contribution is 0.0801. The fourth-order valence-corrected chi connectivity index (χ4v) is 4.45. The number of likely N-dealkylation sites (N-methyl/N-ethyl adjacent to an activating group) is 1. The van der Waals surface area contributed by atoms with E-state index in [2.05, 4.69) is 18.7 Å². The molecule has 2 N–H and O–H groups in total. The van der Waals surface area contributed by atoms with Gasteiger partial charge in [-0.15, -0.1) is 0 Å². The number of benzene rings is 1.